The van der Waals surface area contributed by atoms with E-state index >= 15 is 0 Å². The van der Waals surface area contributed by atoms with E-state index in [0.29, 0.717) is 6.54 Å². The van der Waals surface area contributed by atoms with Gasteiger partial charge in [-0.1, -0.05) is 0 Å². The summed E-state index contributed by atoms with van der Waals surface area (Å²) >= 11 is 1.79. The Morgan fingerprint density at radius 3 is 3.00 bits per heavy atom. The Morgan fingerprint density at radius 1 is 1.50 bits per heavy atom. The number of unbranched alkanes of at least 4 members (excludes halogenated alkanes) is 1. The van der Waals surface area contributed by atoms with Gasteiger partial charge < -0.3 is 10.3 Å². The summed E-state index contributed by atoms with van der Waals surface area (Å²) in [6, 6.07) is 1.35. The molecule has 0 spiro atoms. The van der Waals surface area contributed by atoms with Crippen LogP contribution in [0, 0.1) is 0 Å². The van der Waals surface area contributed by atoms with Crippen LogP contribution in [0.3, 0.4) is 0 Å². The molecule has 88 valence electrons. The normalized spacial score (nSPS) is 10.1. The fraction of sp³-hybridized carbons (Fsp3) is 0.455. The fourth-order valence-electron chi connectivity index (χ4n) is 1.26. The van der Waals surface area contributed by atoms with E-state index < -0.39 is 0 Å². The van der Waals surface area contributed by atoms with Crippen LogP contribution in [0.5, 0.6) is 0 Å². The van der Waals surface area contributed by atoms with Crippen LogP contribution < -0.4 is 10.7 Å². The molecule has 2 N–H and O–H groups in total. The quantitative estimate of drug-likeness (QED) is 0.736. The molecule has 0 unspecified atom stereocenters. The van der Waals surface area contributed by atoms with E-state index in [0.717, 1.165) is 18.6 Å². The number of thioether (sulfide) groups is 1. The Bertz CT molecular complexity index is 390. The lowest BCUT2D eigenvalue weighted by Gasteiger charge is -2.03. The van der Waals surface area contributed by atoms with Crippen LogP contribution in [0.15, 0.2) is 23.3 Å². The van der Waals surface area contributed by atoms with Crippen molar-refractivity contribution in [3.05, 3.63) is 34.2 Å². The number of carbonyl (C=O) groups is 1. The van der Waals surface area contributed by atoms with Gasteiger partial charge in [0.25, 0.3) is 5.91 Å². The minimum absolute atomic E-state index is 0.173. The molecule has 1 heterocycles. The lowest BCUT2D eigenvalue weighted by atomic mass is 10.2. The van der Waals surface area contributed by atoms with Gasteiger partial charge in [0.2, 0.25) is 0 Å². The van der Waals surface area contributed by atoms with Gasteiger partial charge in [0.15, 0.2) is 5.43 Å². The molecule has 1 aromatic rings. The predicted molar refractivity (Wildman–Crippen MR) is 67.0 cm³/mol. The summed E-state index contributed by atoms with van der Waals surface area (Å²) in [4.78, 5) is 25.6. The zero-order chi connectivity index (χ0) is 11.8. The number of aromatic nitrogens is 1. The third kappa shape index (κ3) is 4.10. The number of H-pyrrole nitrogens is 1. The molecule has 0 saturated heterocycles. The van der Waals surface area contributed by atoms with Crippen molar-refractivity contribution in [3.8, 4) is 0 Å². The van der Waals surface area contributed by atoms with Crippen molar-refractivity contribution in [2.24, 2.45) is 0 Å². The molecule has 1 rings (SSSR count). The number of carbonyl (C=O) groups excluding carboxylic acids is 1. The van der Waals surface area contributed by atoms with E-state index in [1.54, 1.807) is 11.8 Å². The van der Waals surface area contributed by atoms with E-state index in [1.807, 2.05) is 0 Å². The first kappa shape index (κ1) is 12.8. The van der Waals surface area contributed by atoms with Gasteiger partial charge in [-0.2, -0.15) is 11.8 Å². The minimum Gasteiger partial charge on any atom is -0.367 e. The van der Waals surface area contributed by atoms with E-state index in [4.69, 9.17) is 0 Å². The zero-order valence-corrected chi connectivity index (χ0v) is 10.1. The number of hydrogen-bond acceptors (Lipinski definition) is 3. The number of nitrogens with one attached hydrogen (secondary N) is 2. The summed E-state index contributed by atoms with van der Waals surface area (Å²) in [5.74, 6) is 0.799. The number of hydrogen-bond donors (Lipinski definition) is 2. The maximum absolute atomic E-state index is 11.6. The molecule has 0 radical (unpaired) electrons. The second kappa shape index (κ2) is 7.11. The molecule has 0 aliphatic heterocycles. The summed E-state index contributed by atoms with van der Waals surface area (Å²) in [7, 11) is 0. The average molecular weight is 240 g/mol. The van der Waals surface area contributed by atoms with Crippen molar-refractivity contribution in [3.63, 3.8) is 0 Å². The first-order valence-corrected chi connectivity index (χ1v) is 6.59. The second-order valence-corrected chi connectivity index (χ2v) is 4.36. The topological polar surface area (TPSA) is 62.0 Å². The van der Waals surface area contributed by atoms with Crippen molar-refractivity contribution in [1.29, 1.82) is 0 Å². The molecule has 0 fully saturated rings. The molecular formula is C11H16N2O2S. The van der Waals surface area contributed by atoms with Gasteiger partial charge in [-0.3, -0.25) is 9.59 Å². The lowest BCUT2D eigenvalue weighted by Crippen LogP contribution is -2.29. The van der Waals surface area contributed by atoms with Gasteiger partial charge in [0, 0.05) is 25.0 Å². The van der Waals surface area contributed by atoms with Crippen LogP contribution in [0.4, 0.5) is 0 Å². The molecule has 0 bridgehead atoms. The van der Waals surface area contributed by atoms with Crippen molar-refractivity contribution >= 4 is 17.7 Å². The third-order valence-corrected chi connectivity index (χ3v) is 2.83. The number of amides is 1. The molecular weight excluding hydrogens is 224 g/mol. The summed E-state index contributed by atoms with van der Waals surface area (Å²) in [5, 5.41) is 2.73. The van der Waals surface area contributed by atoms with Gasteiger partial charge in [-0.25, -0.2) is 0 Å². The molecule has 4 nitrogen and oxygen atoms in total. The Kier molecular flexibility index (Phi) is 5.71. The highest BCUT2D eigenvalue weighted by atomic mass is 32.2. The average Bonchev–Trinajstić information content (AvgIpc) is 2.29. The Morgan fingerprint density at radius 2 is 2.31 bits per heavy atom. The van der Waals surface area contributed by atoms with Gasteiger partial charge in [-0.15, -0.1) is 0 Å². The second-order valence-electron chi connectivity index (χ2n) is 3.38. The predicted octanol–water partition coefficient (Wildman–Crippen LogP) is 1.25. The molecule has 0 aliphatic carbocycles. The van der Waals surface area contributed by atoms with Crippen LogP contribution in [0.1, 0.15) is 23.2 Å². The molecule has 0 saturated carbocycles. The standard InChI is InChI=1S/C11H16N2O2S/c1-16-7-3-2-5-13-11(15)9-8-12-6-4-10(9)14/h4,6,8H,2-3,5,7H2,1H3,(H,12,14)(H,13,15). The molecule has 0 aliphatic rings. The summed E-state index contributed by atoms with van der Waals surface area (Å²) in [6.45, 7) is 0.619. The number of rotatable bonds is 6. The first-order chi connectivity index (χ1) is 7.75. The van der Waals surface area contributed by atoms with Gasteiger partial charge in [-0.05, 0) is 24.9 Å². The fourth-order valence-corrected chi connectivity index (χ4v) is 1.75. The van der Waals surface area contributed by atoms with Crippen LogP contribution in [-0.2, 0) is 0 Å². The van der Waals surface area contributed by atoms with Crippen molar-refractivity contribution < 1.29 is 4.79 Å². The maximum Gasteiger partial charge on any atom is 0.256 e. The monoisotopic (exact) mass is 240 g/mol. The highest BCUT2D eigenvalue weighted by Gasteiger charge is 2.07. The molecule has 0 aromatic carbocycles. The van der Waals surface area contributed by atoms with Crippen LogP contribution in [-0.4, -0.2) is 29.4 Å². The summed E-state index contributed by atoms with van der Waals surface area (Å²) in [5.41, 5.74) is -0.0762. The van der Waals surface area contributed by atoms with Gasteiger partial charge >= 0.3 is 0 Å². The molecule has 1 aromatic heterocycles. The van der Waals surface area contributed by atoms with Gasteiger partial charge in [0.1, 0.15) is 5.56 Å². The zero-order valence-electron chi connectivity index (χ0n) is 9.29. The van der Waals surface area contributed by atoms with E-state index in [-0.39, 0.29) is 16.9 Å². The highest BCUT2D eigenvalue weighted by Crippen LogP contribution is 1.98. The van der Waals surface area contributed by atoms with Crippen LogP contribution >= 0.6 is 11.8 Å². The van der Waals surface area contributed by atoms with Crippen molar-refractivity contribution in [2.75, 3.05) is 18.6 Å². The Labute approximate surface area is 98.8 Å². The Hall–Kier alpha value is -1.23. The molecule has 16 heavy (non-hydrogen) atoms. The SMILES string of the molecule is CSCCCCNC(=O)c1c[nH]ccc1=O. The molecule has 0 atom stereocenters. The van der Waals surface area contributed by atoms with E-state index in [1.165, 1.54) is 18.5 Å². The largest absolute Gasteiger partial charge is 0.367 e. The van der Waals surface area contributed by atoms with E-state index in [9.17, 15) is 9.59 Å². The number of aromatic amines is 1. The highest BCUT2D eigenvalue weighted by molar-refractivity contribution is 7.98. The van der Waals surface area contributed by atoms with Crippen LogP contribution in [0.25, 0.3) is 0 Å². The first-order valence-electron chi connectivity index (χ1n) is 5.20. The molecule has 1 amide bonds. The van der Waals surface area contributed by atoms with Gasteiger partial charge in [0.05, 0.1) is 0 Å². The van der Waals surface area contributed by atoms with Crippen molar-refractivity contribution in [1.82, 2.24) is 10.3 Å². The van der Waals surface area contributed by atoms with Crippen molar-refractivity contribution in [2.45, 2.75) is 12.8 Å². The molecule has 5 heteroatoms. The summed E-state index contributed by atoms with van der Waals surface area (Å²) in [6.07, 6.45) is 7.02. The summed E-state index contributed by atoms with van der Waals surface area (Å²) < 4.78 is 0. The number of pyridine rings is 1. The Balaban J connectivity index is 2.36. The van der Waals surface area contributed by atoms with E-state index in [2.05, 4.69) is 16.6 Å². The smallest absolute Gasteiger partial charge is 0.256 e. The lowest BCUT2D eigenvalue weighted by molar-refractivity contribution is 0.0952. The minimum atomic E-state index is -0.300. The third-order valence-electron chi connectivity index (χ3n) is 2.13. The van der Waals surface area contributed by atoms with Crippen LogP contribution in [0.2, 0.25) is 0 Å². The maximum atomic E-state index is 11.6.